The maximum Gasteiger partial charge on any atom is 0.240 e. The number of amides is 1. The molecule has 2 aliphatic rings. The molecule has 0 radical (unpaired) electrons. The first-order chi connectivity index (χ1) is 13.9. The van der Waals surface area contributed by atoms with E-state index in [2.05, 4.69) is 22.2 Å². The highest BCUT2D eigenvalue weighted by atomic mass is 32.2. The van der Waals surface area contributed by atoms with Gasteiger partial charge in [-0.3, -0.25) is 4.79 Å². The Morgan fingerprint density at radius 3 is 2.72 bits per heavy atom. The van der Waals surface area contributed by atoms with Crippen molar-refractivity contribution in [1.82, 2.24) is 4.72 Å². The third-order valence-corrected chi connectivity index (χ3v) is 8.36. The van der Waals surface area contributed by atoms with Gasteiger partial charge in [0.15, 0.2) is 0 Å². The Hall–Kier alpha value is -2.22. The second-order valence-corrected chi connectivity index (χ2v) is 10.5. The van der Waals surface area contributed by atoms with E-state index in [-0.39, 0.29) is 11.9 Å². The summed E-state index contributed by atoms with van der Waals surface area (Å²) in [6.45, 7) is 2.56. The van der Waals surface area contributed by atoms with E-state index < -0.39 is 10.0 Å². The summed E-state index contributed by atoms with van der Waals surface area (Å²) < 4.78 is 30.2. The van der Waals surface area contributed by atoms with Crippen molar-refractivity contribution < 1.29 is 13.2 Å². The van der Waals surface area contributed by atoms with Crippen molar-refractivity contribution in [2.24, 2.45) is 0 Å². The molecule has 3 heterocycles. The number of anilines is 1. The Morgan fingerprint density at radius 2 is 1.90 bits per heavy atom. The van der Waals surface area contributed by atoms with Gasteiger partial charge in [0, 0.05) is 23.7 Å². The summed E-state index contributed by atoms with van der Waals surface area (Å²) in [6, 6.07) is 11.5. The fourth-order valence-corrected chi connectivity index (χ4v) is 6.80. The van der Waals surface area contributed by atoms with Crippen LogP contribution in [0.2, 0.25) is 0 Å². The van der Waals surface area contributed by atoms with Crippen LogP contribution in [0.4, 0.5) is 5.69 Å². The molecular weight excluding hydrogens is 404 g/mol. The van der Waals surface area contributed by atoms with Gasteiger partial charge in [-0.25, -0.2) is 13.1 Å². The van der Waals surface area contributed by atoms with Gasteiger partial charge in [-0.1, -0.05) is 18.2 Å². The van der Waals surface area contributed by atoms with Crippen molar-refractivity contribution >= 4 is 43.0 Å². The predicted molar refractivity (Wildman–Crippen MR) is 116 cm³/mol. The van der Waals surface area contributed by atoms with Crippen LogP contribution in [-0.4, -0.2) is 26.9 Å². The molecule has 1 aromatic heterocycles. The van der Waals surface area contributed by atoms with Gasteiger partial charge in [-0.2, -0.15) is 0 Å². The van der Waals surface area contributed by atoms with Crippen LogP contribution in [0.25, 0.3) is 10.1 Å². The second kappa shape index (κ2) is 6.93. The number of rotatable bonds is 5. The molecule has 2 aliphatic heterocycles. The number of hydrogen-bond acceptors (Lipinski definition) is 4. The first-order valence-electron chi connectivity index (χ1n) is 9.86. The Balaban J connectivity index is 1.40. The van der Waals surface area contributed by atoms with Crippen LogP contribution in [0.15, 0.2) is 46.7 Å². The van der Waals surface area contributed by atoms with Crippen molar-refractivity contribution in [2.75, 3.05) is 11.4 Å². The molecule has 1 atom stereocenters. The minimum atomic E-state index is -3.63. The number of carbonyl (C=O) groups excluding carboxylic acids is 1. The van der Waals surface area contributed by atoms with Crippen molar-refractivity contribution in [3.63, 3.8) is 0 Å². The molecule has 29 heavy (non-hydrogen) atoms. The Labute approximate surface area is 174 Å². The van der Waals surface area contributed by atoms with Crippen LogP contribution < -0.4 is 9.62 Å². The zero-order valence-corrected chi connectivity index (χ0v) is 17.8. The summed E-state index contributed by atoms with van der Waals surface area (Å²) in [5.74, 6) is 0.140. The third-order valence-electron chi connectivity index (χ3n) is 5.78. The fourth-order valence-electron chi connectivity index (χ4n) is 4.48. The van der Waals surface area contributed by atoms with Gasteiger partial charge >= 0.3 is 0 Å². The van der Waals surface area contributed by atoms with E-state index in [0.717, 1.165) is 16.8 Å². The van der Waals surface area contributed by atoms with Gasteiger partial charge in [0.2, 0.25) is 15.9 Å². The van der Waals surface area contributed by atoms with Crippen LogP contribution in [-0.2, 0) is 34.1 Å². The van der Waals surface area contributed by atoms with Gasteiger partial charge in [-0.15, -0.1) is 11.3 Å². The first-order valence-corrected chi connectivity index (χ1v) is 12.2. The molecule has 3 aromatic rings. The van der Waals surface area contributed by atoms with E-state index in [4.69, 9.17) is 0 Å². The molecule has 1 amide bonds. The third kappa shape index (κ3) is 3.27. The smallest absolute Gasteiger partial charge is 0.240 e. The van der Waals surface area contributed by atoms with Crippen LogP contribution in [0.5, 0.6) is 0 Å². The highest BCUT2D eigenvalue weighted by Gasteiger charge is 2.33. The molecule has 0 bridgehead atoms. The fraction of sp³-hybridized carbons (Fsp3) is 0.318. The molecule has 0 saturated heterocycles. The zero-order chi connectivity index (χ0) is 20.2. The van der Waals surface area contributed by atoms with E-state index in [1.165, 1.54) is 15.6 Å². The zero-order valence-electron chi connectivity index (χ0n) is 16.1. The average Bonchev–Trinajstić information content (AvgIpc) is 3.30. The van der Waals surface area contributed by atoms with Crippen molar-refractivity contribution in [3.8, 4) is 0 Å². The number of benzene rings is 2. The molecule has 5 nitrogen and oxygen atoms in total. The summed E-state index contributed by atoms with van der Waals surface area (Å²) in [6.07, 6.45) is 2.42. The van der Waals surface area contributed by atoms with Crippen molar-refractivity contribution in [3.05, 3.63) is 58.5 Å². The number of sulfonamides is 1. The molecule has 7 heteroatoms. The van der Waals surface area contributed by atoms with E-state index in [1.807, 2.05) is 24.0 Å². The molecule has 2 aromatic carbocycles. The minimum Gasteiger partial charge on any atom is -0.312 e. The molecule has 0 fully saturated rings. The Kier molecular flexibility index (Phi) is 4.49. The van der Waals surface area contributed by atoms with E-state index in [9.17, 15) is 13.2 Å². The van der Waals surface area contributed by atoms with Gasteiger partial charge in [0.1, 0.15) is 0 Å². The molecule has 1 unspecified atom stereocenters. The van der Waals surface area contributed by atoms with Crippen molar-refractivity contribution in [2.45, 2.75) is 43.5 Å². The standard InChI is InChI=1S/C22H22N2O3S2/c1-14(10-17-13-28-20-5-3-2-4-19(17)20)23-29(26,27)18-11-15-6-7-21(25)24-9-8-16(12-18)22(15)24/h2-5,11-14,23H,6-10H2,1H3. The second-order valence-electron chi connectivity index (χ2n) is 7.87. The summed E-state index contributed by atoms with van der Waals surface area (Å²) >= 11 is 1.69. The Bertz CT molecular complexity index is 1230. The van der Waals surface area contributed by atoms with Gasteiger partial charge < -0.3 is 4.90 Å². The summed E-state index contributed by atoms with van der Waals surface area (Å²) in [5.41, 5.74) is 4.04. The molecule has 0 aliphatic carbocycles. The normalized spacial score (nSPS) is 17.0. The van der Waals surface area contributed by atoms with E-state index in [1.54, 1.807) is 23.5 Å². The quantitative estimate of drug-likeness (QED) is 0.677. The number of fused-ring (bicyclic) bond motifs is 1. The van der Waals surface area contributed by atoms with Crippen molar-refractivity contribution in [1.29, 1.82) is 0 Å². The van der Waals surface area contributed by atoms with Gasteiger partial charge in [0.25, 0.3) is 0 Å². The molecule has 1 N–H and O–H groups in total. The Morgan fingerprint density at radius 1 is 1.14 bits per heavy atom. The summed E-state index contributed by atoms with van der Waals surface area (Å²) in [7, 11) is -3.63. The van der Waals surface area contributed by atoms with E-state index >= 15 is 0 Å². The average molecular weight is 427 g/mol. The number of thiophene rings is 1. The minimum absolute atomic E-state index is 0.140. The van der Waals surface area contributed by atoms with E-state index in [0.29, 0.717) is 37.1 Å². The monoisotopic (exact) mass is 426 g/mol. The lowest BCUT2D eigenvalue weighted by Gasteiger charge is -2.26. The number of carbonyl (C=O) groups is 1. The van der Waals surface area contributed by atoms with Gasteiger partial charge in [0.05, 0.1) is 10.6 Å². The molecular formula is C22H22N2O3S2. The molecule has 0 spiro atoms. The molecule has 150 valence electrons. The molecule has 5 rings (SSSR count). The maximum absolute atomic E-state index is 13.1. The number of nitrogens with one attached hydrogen (secondary N) is 1. The first kappa shape index (κ1) is 18.8. The lowest BCUT2D eigenvalue weighted by atomic mass is 10.00. The highest BCUT2D eigenvalue weighted by molar-refractivity contribution is 7.89. The lowest BCUT2D eigenvalue weighted by Crippen LogP contribution is -2.35. The van der Waals surface area contributed by atoms with Crippen LogP contribution in [0.1, 0.15) is 30.0 Å². The van der Waals surface area contributed by atoms with Crippen LogP contribution in [0.3, 0.4) is 0 Å². The van der Waals surface area contributed by atoms with Gasteiger partial charge in [-0.05, 0) is 71.8 Å². The summed E-state index contributed by atoms with van der Waals surface area (Å²) in [4.78, 5) is 14.2. The number of aryl methyl sites for hydroxylation is 1. The number of nitrogens with zero attached hydrogens (tertiary/aromatic N) is 1. The molecule has 0 saturated carbocycles. The summed E-state index contributed by atoms with van der Waals surface area (Å²) in [5, 5.41) is 3.30. The largest absolute Gasteiger partial charge is 0.312 e. The number of hydrogen-bond donors (Lipinski definition) is 1. The highest BCUT2D eigenvalue weighted by Crippen LogP contribution is 2.38. The van der Waals surface area contributed by atoms with Crippen LogP contribution in [0, 0.1) is 0 Å². The maximum atomic E-state index is 13.1. The van der Waals surface area contributed by atoms with Crippen LogP contribution >= 0.6 is 11.3 Å². The topological polar surface area (TPSA) is 66.5 Å². The SMILES string of the molecule is CC(Cc1csc2ccccc12)NS(=O)(=O)c1cc2c3c(c1)CCN3C(=O)CC2. The predicted octanol–water partition coefficient (Wildman–Crippen LogP) is 3.65. The lowest BCUT2D eigenvalue weighted by molar-refractivity contribution is -0.118.